The Morgan fingerprint density at radius 1 is 1.39 bits per heavy atom. The first kappa shape index (κ1) is 15.4. The van der Waals surface area contributed by atoms with E-state index >= 15 is 0 Å². The molecule has 104 valence electrons. The van der Waals surface area contributed by atoms with Crippen molar-refractivity contribution in [2.75, 3.05) is 19.8 Å². The van der Waals surface area contributed by atoms with Gasteiger partial charge in [-0.05, 0) is 24.7 Å². The lowest BCUT2D eigenvalue weighted by Crippen LogP contribution is -2.52. The molecule has 0 aromatic rings. The van der Waals surface area contributed by atoms with Crippen molar-refractivity contribution in [2.24, 2.45) is 16.6 Å². The third kappa shape index (κ3) is 3.92. The molecule has 1 fully saturated rings. The zero-order chi connectivity index (χ0) is 13.8. The molecule has 0 unspecified atom stereocenters. The summed E-state index contributed by atoms with van der Waals surface area (Å²) < 4.78 is 5.29. The Labute approximate surface area is 115 Å². The number of nitrogens with two attached hydrogens (primary N) is 1. The molecule has 18 heavy (non-hydrogen) atoms. The van der Waals surface area contributed by atoms with E-state index in [4.69, 9.17) is 22.7 Å². The lowest BCUT2D eigenvalue weighted by atomic mass is 9.79. The molecule has 0 aliphatic carbocycles. The van der Waals surface area contributed by atoms with Crippen LogP contribution in [0.1, 0.15) is 40.0 Å². The van der Waals surface area contributed by atoms with Crippen LogP contribution in [-0.2, 0) is 9.53 Å². The lowest BCUT2D eigenvalue weighted by Gasteiger charge is -2.35. The SMILES string of the molecule is CC(C)(C)CCNC(=O)C1(C(N)=S)CCOCC1. The van der Waals surface area contributed by atoms with E-state index in [1.165, 1.54) is 0 Å². The molecule has 1 saturated heterocycles. The Hall–Kier alpha value is -0.680. The van der Waals surface area contributed by atoms with Gasteiger partial charge in [0.2, 0.25) is 5.91 Å². The van der Waals surface area contributed by atoms with E-state index in [1.807, 2.05) is 0 Å². The van der Waals surface area contributed by atoms with Crippen LogP contribution in [0.25, 0.3) is 0 Å². The highest BCUT2D eigenvalue weighted by Crippen LogP contribution is 2.31. The van der Waals surface area contributed by atoms with Crippen LogP contribution in [0.5, 0.6) is 0 Å². The van der Waals surface area contributed by atoms with E-state index < -0.39 is 5.41 Å². The summed E-state index contributed by atoms with van der Waals surface area (Å²) in [6.07, 6.45) is 2.11. The molecule has 1 amide bonds. The van der Waals surface area contributed by atoms with Gasteiger partial charge in [0.15, 0.2) is 0 Å². The number of ether oxygens (including phenoxy) is 1. The third-order valence-electron chi connectivity index (χ3n) is 3.41. The van der Waals surface area contributed by atoms with Crippen molar-refractivity contribution < 1.29 is 9.53 Å². The number of rotatable bonds is 4. The topological polar surface area (TPSA) is 64.4 Å². The quantitative estimate of drug-likeness (QED) is 0.763. The third-order valence-corrected chi connectivity index (χ3v) is 3.80. The maximum atomic E-state index is 12.3. The molecule has 0 atom stereocenters. The highest BCUT2D eigenvalue weighted by molar-refractivity contribution is 7.80. The highest BCUT2D eigenvalue weighted by atomic mass is 32.1. The summed E-state index contributed by atoms with van der Waals surface area (Å²) in [5, 5.41) is 2.97. The zero-order valence-corrected chi connectivity index (χ0v) is 12.4. The van der Waals surface area contributed by atoms with Gasteiger partial charge in [-0.15, -0.1) is 0 Å². The van der Waals surface area contributed by atoms with Gasteiger partial charge in [0.1, 0.15) is 5.41 Å². The van der Waals surface area contributed by atoms with Gasteiger partial charge in [-0.25, -0.2) is 0 Å². The molecule has 5 heteroatoms. The van der Waals surface area contributed by atoms with Gasteiger partial charge in [0.05, 0.1) is 4.99 Å². The Kier molecular flexibility index (Phi) is 5.10. The predicted molar refractivity (Wildman–Crippen MR) is 76.4 cm³/mol. The van der Waals surface area contributed by atoms with E-state index in [1.54, 1.807) is 0 Å². The molecule has 0 saturated carbocycles. The summed E-state index contributed by atoms with van der Waals surface area (Å²) in [6.45, 7) is 8.20. The van der Waals surface area contributed by atoms with Crippen LogP contribution >= 0.6 is 12.2 Å². The molecule has 3 N–H and O–H groups in total. The summed E-state index contributed by atoms with van der Waals surface area (Å²) >= 11 is 5.09. The van der Waals surface area contributed by atoms with Crippen LogP contribution in [0.2, 0.25) is 0 Å². The van der Waals surface area contributed by atoms with Crippen molar-refractivity contribution in [2.45, 2.75) is 40.0 Å². The van der Waals surface area contributed by atoms with Gasteiger partial charge in [-0.1, -0.05) is 33.0 Å². The maximum absolute atomic E-state index is 12.3. The second kappa shape index (κ2) is 5.97. The number of carbonyl (C=O) groups is 1. The number of thiocarbonyl (C=S) groups is 1. The zero-order valence-electron chi connectivity index (χ0n) is 11.5. The molecule has 0 radical (unpaired) electrons. The van der Waals surface area contributed by atoms with E-state index in [2.05, 4.69) is 26.1 Å². The number of hydrogen-bond acceptors (Lipinski definition) is 3. The molecular formula is C13H24N2O2S. The molecule has 1 aliphatic heterocycles. The fraction of sp³-hybridized carbons (Fsp3) is 0.846. The average Bonchev–Trinajstić information content (AvgIpc) is 2.27. The standard InChI is InChI=1S/C13H24N2O2S/c1-12(2,3)4-7-15-11(16)13(10(14)18)5-8-17-9-6-13/h4-9H2,1-3H3,(H2,14,18)(H,15,16). The summed E-state index contributed by atoms with van der Waals surface area (Å²) in [5.74, 6) is -0.0393. The largest absolute Gasteiger partial charge is 0.392 e. The van der Waals surface area contributed by atoms with Gasteiger partial charge >= 0.3 is 0 Å². The van der Waals surface area contributed by atoms with E-state index in [9.17, 15) is 4.79 Å². The summed E-state index contributed by atoms with van der Waals surface area (Å²) in [4.78, 5) is 12.6. The first-order valence-electron chi connectivity index (χ1n) is 6.44. The van der Waals surface area contributed by atoms with Gasteiger partial charge in [-0.2, -0.15) is 0 Å². The van der Waals surface area contributed by atoms with Crippen molar-refractivity contribution in [3.63, 3.8) is 0 Å². The molecule has 0 spiro atoms. The Bertz CT molecular complexity index is 317. The van der Waals surface area contributed by atoms with Gasteiger partial charge in [-0.3, -0.25) is 4.79 Å². The maximum Gasteiger partial charge on any atom is 0.233 e. The highest BCUT2D eigenvalue weighted by Gasteiger charge is 2.42. The van der Waals surface area contributed by atoms with Gasteiger partial charge in [0.25, 0.3) is 0 Å². The molecule has 0 bridgehead atoms. The second-order valence-corrected chi connectivity index (χ2v) is 6.57. The Morgan fingerprint density at radius 2 is 1.94 bits per heavy atom. The fourth-order valence-electron chi connectivity index (χ4n) is 2.03. The number of nitrogens with one attached hydrogen (secondary N) is 1. The first-order valence-corrected chi connectivity index (χ1v) is 6.85. The predicted octanol–water partition coefficient (Wildman–Crippen LogP) is 1.62. The smallest absolute Gasteiger partial charge is 0.233 e. The fourth-order valence-corrected chi connectivity index (χ4v) is 2.32. The van der Waals surface area contributed by atoms with Crippen molar-refractivity contribution in [1.29, 1.82) is 0 Å². The molecule has 0 aromatic heterocycles. The minimum absolute atomic E-state index is 0.0393. The van der Waals surface area contributed by atoms with Crippen molar-refractivity contribution >= 4 is 23.1 Å². The van der Waals surface area contributed by atoms with Crippen LogP contribution < -0.4 is 11.1 Å². The normalized spacial score (nSPS) is 19.3. The van der Waals surface area contributed by atoms with Crippen LogP contribution in [0.3, 0.4) is 0 Å². The van der Waals surface area contributed by atoms with Crippen LogP contribution in [0.4, 0.5) is 0 Å². The van der Waals surface area contributed by atoms with Crippen molar-refractivity contribution in [1.82, 2.24) is 5.32 Å². The molecule has 1 aliphatic rings. The van der Waals surface area contributed by atoms with Crippen molar-refractivity contribution in [3.05, 3.63) is 0 Å². The van der Waals surface area contributed by atoms with Gasteiger partial charge in [0, 0.05) is 19.8 Å². The summed E-state index contributed by atoms with van der Waals surface area (Å²) in [6, 6.07) is 0. The Balaban J connectivity index is 2.58. The molecule has 0 aromatic carbocycles. The van der Waals surface area contributed by atoms with E-state index in [0.717, 1.165) is 6.42 Å². The molecule has 4 nitrogen and oxygen atoms in total. The number of amides is 1. The van der Waals surface area contributed by atoms with Crippen LogP contribution in [0.15, 0.2) is 0 Å². The van der Waals surface area contributed by atoms with E-state index in [0.29, 0.717) is 37.6 Å². The lowest BCUT2D eigenvalue weighted by molar-refractivity contribution is -0.131. The minimum atomic E-state index is -0.703. The van der Waals surface area contributed by atoms with Crippen LogP contribution in [0, 0.1) is 10.8 Å². The monoisotopic (exact) mass is 272 g/mol. The number of carbonyl (C=O) groups excluding carboxylic acids is 1. The molecule has 1 rings (SSSR count). The minimum Gasteiger partial charge on any atom is -0.392 e. The van der Waals surface area contributed by atoms with Crippen LogP contribution in [-0.4, -0.2) is 30.7 Å². The Morgan fingerprint density at radius 3 is 2.39 bits per heavy atom. The average molecular weight is 272 g/mol. The molecular weight excluding hydrogens is 248 g/mol. The van der Waals surface area contributed by atoms with Gasteiger partial charge < -0.3 is 15.8 Å². The first-order chi connectivity index (χ1) is 8.28. The summed E-state index contributed by atoms with van der Waals surface area (Å²) in [7, 11) is 0. The van der Waals surface area contributed by atoms with Crippen molar-refractivity contribution in [3.8, 4) is 0 Å². The number of hydrogen-bond donors (Lipinski definition) is 2. The van der Waals surface area contributed by atoms with E-state index in [-0.39, 0.29) is 11.3 Å². The summed E-state index contributed by atoms with van der Waals surface area (Å²) in [5.41, 5.74) is 5.28. The second-order valence-electron chi connectivity index (χ2n) is 6.13. The molecule has 1 heterocycles.